The molecule has 0 radical (unpaired) electrons. The second kappa shape index (κ2) is 3.98. The van der Waals surface area contributed by atoms with Crippen LogP contribution in [0.4, 0.5) is 5.82 Å². The summed E-state index contributed by atoms with van der Waals surface area (Å²) < 4.78 is 1.99. The van der Waals surface area contributed by atoms with Gasteiger partial charge in [-0.15, -0.1) is 10.2 Å². The van der Waals surface area contributed by atoms with E-state index in [1.165, 1.54) is 25.7 Å². The van der Waals surface area contributed by atoms with Crippen LogP contribution in [-0.2, 0) is 0 Å². The summed E-state index contributed by atoms with van der Waals surface area (Å²) in [6.45, 7) is 2.32. The number of nitrogens with zero attached hydrogens (tertiary/aromatic N) is 4. The van der Waals surface area contributed by atoms with Gasteiger partial charge in [0.05, 0.1) is 0 Å². The normalized spacial score (nSPS) is 25.2. The standard InChI is InChI=1S/C12H17N5/c1-8-2-4-9(5-3-8)11-15-16-12-10(13)14-6-7-17(11)12/h6-9H,2-5H2,1H3,(H2,13,14)/t8-,9-. The van der Waals surface area contributed by atoms with Crippen molar-refractivity contribution < 1.29 is 0 Å². The van der Waals surface area contributed by atoms with Crippen LogP contribution in [0.5, 0.6) is 0 Å². The van der Waals surface area contributed by atoms with Crippen molar-refractivity contribution >= 4 is 11.5 Å². The molecule has 0 amide bonds. The first-order valence-corrected chi connectivity index (χ1v) is 6.21. The van der Waals surface area contributed by atoms with Gasteiger partial charge in [-0.2, -0.15) is 0 Å². The summed E-state index contributed by atoms with van der Waals surface area (Å²) in [5, 5.41) is 8.44. The van der Waals surface area contributed by atoms with Crippen LogP contribution in [0.15, 0.2) is 12.4 Å². The SMILES string of the molecule is C[C@H]1CC[C@H](c2nnc3c(N)nccn32)CC1. The quantitative estimate of drug-likeness (QED) is 0.815. The molecular weight excluding hydrogens is 214 g/mol. The molecule has 0 saturated heterocycles. The van der Waals surface area contributed by atoms with Gasteiger partial charge in [-0.3, -0.25) is 4.40 Å². The number of nitrogens with two attached hydrogens (primary N) is 1. The zero-order chi connectivity index (χ0) is 11.8. The van der Waals surface area contributed by atoms with Gasteiger partial charge in [0.2, 0.25) is 5.65 Å². The summed E-state index contributed by atoms with van der Waals surface area (Å²) in [7, 11) is 0. The van der Waals surface area contributed by atoms with Crippen LogP contribution in [0.25, 0.3) is 5.65 Å². The van der Waals surface area contributed by atoms with Gasteiger partial charge in [0.15, 0.2) is 5.82 Å². The van der Waals surface area contributed by atoms with E-state index in [1.54, 1.807) is 6.20 Å². The third kappa shape index (κ3) is 1.75. The molecule has 0 aromatic carbocycles. The lowest BCUT2D eigenvalue weighted by molar-refractivity contribution is 0.338. The Morgan fingerprint density at radius 2 is 2.00 bits per heavy atom. The van der Waals surface area contributed by atoms with Crippen molar-refractivity contribution in [1.29, 1.82) is 0 Å². The minimum Gasteiger partial charge on any atom is -0.381 e. The molecule has 2 N–H and O–H groups in total. The Labute approximate surface area is 100 Å². The number of nitrogen functional groups attached to an aromatic ring is 1. The van der Waals surface area contributed by atoms with Crippen LogP contribution in [0.2, 0.25) is 0 Å². The predicted molar refractivity (Wildman–Crippen MR) is 65.6 cm³/mol. The Balaban J connectivity index is 1.98. The Morgan fingerprint density at radius 1 is 1.24 bits per heavy atom. The molecule has 0 bridgehead atoms. The van der Waals surface area contributed by atoms with E-state index in [2.05, 4.69) is 22.1 Å². The molecule has 90 valence electrons. The molecule has 0 spiro atoms. The van der Waals surface area contributed by atoms with E-state index in [-0.39, 0.29) is 0 Å². The van der Waals surface area contributed by atoms with Crippen LogP contribution in [0.1, 0.15) is 44.3 Å². The Hall–Kier alpha value is -1.65. The molecule has 0 aliphatic heterocycles. The highest BCUT2D eigenvalue weighted by Crippen LogP contribution is 2.34. The molecule has 17 heavy (non-hydrogen) atoms. The molecule has 3 rings (SSSR count). The van der Waals surface area contributed by atoms with Gasteiger partial charge in [0.1, 0.15) is 5.82 Å². The third-order valence-corrected chi connectivity index (χ3v) is 3.76. The number of anilines is 1. The van der Waals surface area contributed by atoms with Crippen LogP contribution in [-0.4, -0.2) is 19.6 Å². The topological polar surface area (TPSA) is 69.1 Å². The number of rotatable bonds is 1. The fourth-order valence-electron chi connectivity index (χ4n) is 2.66. The van der Waals surface area contributed by atoms with Gasteiger partial charge in [0.25, 0.3) is 0 Å². The molecule has 0 unspecified atom stereocenters. The molecule has 5 nitrogen and oxygen atoms in total. The average Bonchev–Trinajstić information content (AvgIpc) is 2.75. The highest BCUT2D eigenvalue weighted by Gasteiger charge is 2.24. The third-order valence-electron chi connectivity index (χ3n) is 3.76. The molecule has 1 aliphatic rings. The first-order valence-electron chi connectivity index (χ1n) is 6.21. The summed E-state index contributed by atoms with van der Waals surface area (Å²) in [5.41, 5.74) is 6.47. The smallest absolute Gasteiger partial charge is 0.203 e. The first-order chi connectivity index (χ1) is 8.25. The summed E-state index contributed by atoms with van der Waals surface area (Å²) in [6, 6.07) is 0. The molecule has 2 aromatic rings. The largest absolute Gasteiger partial charge is 0.381 e. The van der Waals surface area contributed by atoms with Crippen molar-refractivity contribution in [2.24, 2.45) is 5.92 Å². The van der Waals surface area contributed by atoms with Gasteiger partial charge in [-0.25, -0.2) is 4.98 Å². The van der Waals surface area contributed by atoms with Crippen LogP contribution >= 0.6 is 0 Å². The van der Waals surface area contributed by atoms with Gasteiger partial charge in [-0.1, -0.05) is 19.8 Å². The number of fused-ring (bicyclic) bond motifs is 1. The van der Waals surface area contributed by atoms with E-state index in [1.807, 2.05) is 10.6 Å². The maximum atomic E-state index is 5.79. The highest BCUT2D eigenvalue weighted by molar-refractivity contribution is 5.58. The second-order valence-corrected chi connectivity index (χ2v) is 5.02. The Morgan fingerprint density at radius 3 is 2.76 bits per heavy atom. The van der Waals surface area contributed by atoms with Crippen molar-refractivity contribution in [3.63, 3.8) is 0 Å². The zero-order valence-electron chi connectivity index (χ0n) is 10.0. The summed E-state index contributed by atoms with van der Waals surface area (Å²) >= 11 is 0. The van der Waals surface area contributed by atoms with E-state index in [4.69, 9.17) is 5.73 Å². The molecule has 1 fully saturated rings. The lowest BCUT2D eigenvalue weighted by Gasteiger charge is -2.24. The van der Waals surface area contributed by atoms with Crippen LogP contribution < -0.4 is 5.73 Å². The van der Waals surface area contributed by atoms with Crippen LogP contribution in [0, 0.1) is 5.92 Å². The Bertz CT molecular complexity index is 525. The van der Waals surface area contributed by atoms with Gasteiger partial charge < -0.3 is 5.73 Å². The summed E-state index contributed by atoms with van der Waals surface area (Å²) in [6.07, 6.45) is 8.56. The fourth-order valence-corrected chi connectivity index (χ4v) is 2.66. The van der Waals surface area contributed by atoms with Crippen molar-refractivity contribution in [3.8, 4) is 0 Å². The molecule has 5 heteroatoms. The highest BCUT2D eigenvalue weighted by atomic mass is 15.3. The first kappa shape index (κ1) is 10.5. The molecule has 1 saturated carbocycles. The fraction of sp³-hybridized carbons (Fsp3) is 0.583. The molecule has 0 atom stereocenters. The average molecular weight is 231 g/mol. The molecular formula is C12H17N5. The van der Waals surface area contributed by atoms with Crippen molar-refractivity contribution in [2.45, 2.75) is 38.5 Å². The summed E-state index contributed by atoms with van der Waals surface area (Å²) in [5.74, 6) is 2.86. The maximum Gasteiger partial charge on any atom is 0.203 e. The lowest BCUT2D eigenvalue weighted by atomic mass is 9.82. The van der Waals surface area contributed by atoms with E-state index >= 15 is 0 Å². The van der Waals surface area contributed by atoms with E-state index in [0.29, 0.717) is 17.4 Å². The van der Waals surface area contributed by atoms with Crippen LogP contribution in [0.3, 0.4) is 0 Å². The lowest BCUT2D eigenvalue weighted by Crippen LogP contribution is -2.13. The van der Waals surface area contributed by atoms with E-state index in [0.717, 1.165) is 11.7 Å². The van der Waals surface area contributed by atoms with Crippen molar-refractivity contribution in [1.82, 2.24) is 19.6 Å². The van der Waals surface area contributed by atoms with Gasteiger partial charge in [0, 0.05) is 18.3 Å². The molecule has 1 aliphatic carbocycles. The maximum absolute atomic E-state index is 5.79. The van der Waals surface area contributed by atoms with E-state index in [9.17, 15) is 0 Å². The summed E-state index contributed by atoms with van der Waals surface area (Å²) in [4.78, 5) is 4.03. The monoisotopic (exact) mass is 231 g/mol. The van der Waals surface area contributed by atoms with Crippen molar-refractivity contribution in [3.05, 3.63) is 18.2 Å². The van der Waals surface area contributed by atoms with Gasteiger partial charge in [-0.05, 0) is 18.8 Å². The second-order valence-electron chi connectivity index (χ2n) is 5.02. The minimum atomic E-state index is 0.454. The number of aromatic nitrogens is 4. The predicted octanol–water partition coefficient (Wildman–Crippen LogP) is 2.00. The minimum absolute atomic E-state index is 0.454. The Kier molecular flexibility index (Phi) is 2.46. The molecule has 2 aromatic heterocycles. The molecule has 2 heterocycles. The van der Waals surface area contributed by atoms with Crippen molar-refractivity contribution in [2.75, 3.05) is 5.73 Å². The van der Waals surface area contributed by atoms with Gasteiger partial charge >= 0.3 is 0 Å². The number of hydrogen-bond acceptors (Lipinski definition) is 4. The van der Waals surface area contributed by atoms with E-state index < -0.39 is 0 Å². The zero-order valence-corrected chi connectivity index (χ0v) is 10.0. The number of hydrogen-bond donors (Lipinski definition) is 1.